The number of sulfonamides is 1. The molecular formula is C18H26N2O5S2. The maximum absolute atomic E-state index is 13.3. The Morgan fingerprint density at radius 3 is 2.15 bits per heavy atom. The molecule has 0 atom stereocenters. The molecule has 1 heterocycles. The van der Waals surface area contributed by atoms with Gasteiger partial charge in [-0.1, -0.05) is 6.07 Å². The number of sulfone groups is 1. The number of nitrogens with zero attached hydrogens (tertiary/aromatic N) is 2. The molecule has 0 unspecified atom stereocenters. The highest BCUT2D eigenvalue weighted by atomic mass is 32.2. The minimum atomic E-state index is -3.92. The van der Waals surface area contributed by atoms with Gasteiger partial charge in [-0.25, -0.2) is 16.8 Å². The summed E-state index contributed by atoms with van der Waals surface area (Å²) in [7, 11) is -3.72. The molecule has 0 amide bonds. The largest absolute Gasteiger partial charge is 0.465 e. The summed E-state index contributed by atoms with van der Waals surface area (Å²) in [5, 5.41) is 0. The molecular weight excluding hydrogens is 388 g/mol. The van der Waals surface area contributed by atoms with E-state index in [2.05, 4.69) is 0 Å². The third-order valence-electron chi connectivity index (χ3n) is 4.13. The number of benzene rings is 1. The zero-order valence-electron chi connectivity index (χ0n) is 16.3. The van der Waals surface area contributed by atoms with Gasteiger partial charge in [0.05, 0.1) is 16.3 Å². The van der Waals surface area contributed by atoms with E-state index in [1.165, 1.54) is 22.5 Å². The summed E-state index contributed by atoms with van der Waals surface area (Å²) in [6.45, 7) is 4.29. The van der Waals surface area contributed by atoms with Crippen molar-refractivity contribution >= 4 is 19.9 Å². The van der Waals surface area contributed by atoms with Crippen LogP contribution in [-0.2, 0) is 26.4 Å². The Balaban J connectivity index is 2.49. The second-order valence-electron chi connectivity index (χ2n) is 6.85. The molecule has 1 aromatic heterocycles. The van der Waals surface area contributed by atoms with Crippen LogP contribution in [0.4, 0.5) is 0 Å². The fraction of sp³-hybridized carbons (Fsp3) is 0.444. The summed E-state index contributed by atoms with van der Waals surface area (Å²) in [5.74, 6) is 1.23. The molecule has 0 saturated carbocycles. The SMILES string of the molecule is Cc1ccc(CN(CCN(C)C)S(=O)(=O)c2cc(S(C)(=O)=O)ccc2C)o1. The average molecular weight is 415 g/mol. The van der Waals surface area contributed by atoms with Crippen molar-refractivity contribution in [2.24, 2.45) is 0 Å². The monoisotopic (exact) mass is 414 g/mol. The molecule has 0 N–H and O–H groups in total. The van der Waals surface area contributed by atoms with Crippen LogP contribution in [0.3, 0.4) is 0 Å². The molecule has 0 aliphatic rings. The fourth-order valence-corrected chi connectivity index (χ4v) is 4.94. The minimum absolute atomic E-state index is 0.00698. The Morgan fingerprint density at radius 1 is 0.963 bits per heavy atom. The lowest BCUT2D eigenvalue weighted by Crippen LogP contribution is -2.36. The first-order valence-corrected chi connectivity index (χ1v) is 11.8. The molecule has 1 aromatic carbocycles. The van der Waals surface area contributed by atoms with E-state index in [0.717, 1.165) is 6.26 Å². The van der Waals surface area contributed by atoms with Crippen LogP contribution in [0.5, 0.6) is 0 Å². The summed E-state index contributed by atoms with van der Waals surface area (Å²) in [6.07, 6.45) is 1.06. The van der Waals surface area contributed by atoms with Crippen molar-refractivity contribution in [3.63, 3.8) is 0 Å². The average Bonchev–Trinajstić information content (AvgIpc) is 2.95. The van der Waals surface area contributed by atoms with Gasteiger partial charge in [-0.3, -0.25) is 0 Å². The van der Waals surface area contributed by atoms with Crippen molar-refractivity contribution in [1.82, 2.24) is 9.21 Å². The number of aryl methyl sites for hydroxylation is 2. The molecule has 7 nitrogen and oxygen atoms in total. The molecule has 0 saturated heterocycles. The number of rotatable bonds is 8. The molecule has 9 heteroatoms. The molecule has 0 aliphatic carbocycles. The number of hydrogen-bond donors (Lipinski definition) is 0. The van der Waals surface area contributed by atoms with Crippen LogP contribution in [0.25, 0.3) is 0 Å². The Hall–Kier alpha value is -1.68. The Kier molecular flexibility index (Phi) is 6.51. The van der Waals surface area contributed by atoms with Crippen molar-refractivity contribution in [2.75, 3.05) is 33.4 Å². The second-order valence-corrected chi connectivity index (χ2v) is 10.8. The zero-order chi connectivity index (χ0) is 20.4. The highest BCUT2D eigenvalue weighted by molar-refractivity contribution is 7.91. The van der Waals surface area contributed by atoms with Crippen LogP contribution in [0.15, 0.2) is 44.5 Å². The van der Waals surface area contributed by atoms with E-state index in [4.69, 9.17) is 4.42 Å². The first-order valence-electron chi connectivity index (χ1n) is 8.42. The van der Waals surface area contributed by atoms with Crippen LogP contribution in [0.2, 0.25) is 0 Å². The maximum atomic E-state index is 13.3. The van der Waals surface area contributed by atoms with Gasteiger partial charge in [-0.15, -0.1) is 0 Å². The van der Waals surface area contributed by atoms with Crippen molar-refractivity contribution in [1.29, 1.82) is 0 Å². The topological polar surface area (TPSA) is 87.9 Å². The molecule has 2 aromatic rings. The van der Waals surface area contributed by atoms with E-state index in [0.29, 0.717) is 23.6 Å². The van der Waals surface area contributed by atoms with Gasteiger partial charge in [0.25, 0.3) is 0 Å². The molecule has 27 heavy (non-hydrogen) atoms. The lowest BCUT2D eigenvalue weighted by atomic mass is 10.2. The number of hydrogen-bond acceptors (Lipinski definition) is 6. The molecule has 0 aliphatic heterocycles. The molecule has 2 rings (SSSR count). The van der Waals surface area contributed by atoms with E-state index in [1.54, 1.807) is 26.0 Å². The van der Waals surface area contributed by atoms with E-state index in [1.807, 2.05) is 19.0 Å². The third kappa shape index (κ3) is 5.41. The van der Waals surface area contributed by atoms with E-state index in [-0.39, 0.29) is 22.9 Å². The number of likely N-dealkylation sites (N-methyl/N-ethyl adjacent to an activating group) is 1. The number of furan rings is 1. The third-order valence-corrected chi connectivity index (χ3v) is 7.23. The van der Waals surface area contributed by atoms with Crippen molar-refractivity contribution in [3.8, 4) is 0 Å². The summed E-state index contributed by atoms with van der Waals surface area (Å²) in [6, 6.07) is 7.69. The molecule has 150 valence electrons. The fourth-order valence-electron chi connectivity index (χ4n) is 2.57. The Bertz CT molecular complexity index is 1010. The van der Waals surface area contributed by atoms with Gasteiger partial charge < -0.3 is 9.32 Å². The summed E-state index contributed by atoms with van der Waals surface area (Å²) in [4.78, 5) is 1.86. The predicted molar refractivity (Wildman–Crippen MR) is 104 cm³/mol. The van der Waals surface area contributed by atoms with Crippen LogP contribution >= 0.6 is 0 Å². The second kappa shape index (κ2) is 8.14. The highest BCUT2D eigenvalue weighted by Gasteiger charge is 2.28. The smallest absolute Gasteiger partial charge is 0.243 e. The molecule has 0 spiro atoms. The van der Waals surface area contributed by atoms with Crippen LogP contribution in [-0.4, -0.2) is 59.5 Å². The van der Waals surface area contributed by atoms with E-state index < -0.39 is 19.9 Å². The van der Waals surface area contributed by atoms with Crippen molar-refractivity contribution < 1.29 is 21.3 Å². The Morgan fingerprint density at radius 2 is 1.63 bits per heavy atom. The van der Waals surface area contributed by atoms with Gasteiger partial charge in [-0.05, 0) is 57.8 Å². The standard InChI is InChI=1S/C18H26N2O5S2/c1-14-6-9-17(26(5,21)22)12-18(14)27(23,24)20(11-10-19(3)4)13-16-8-7-15(2)25-16/h6-9,12H,10-11,13H2,1-5H3. The van der Waals surface area contributed by atoms with Gasteiger partial charge in [-0.2, -0.15) is 4.31 Å². The van der Waals surface area contributed by atoms with Crippen LogP contribution < -0.4 is 0 Å². The lowest BCUT2D eigenvalue weighted by Gasteiger charge is -2.24. The highest BCUT2D eigenvalue weighted by Crippen LogP contribution is 2.25. The molecule has 0 fully saturated rings. The quantitative estimate of drug-likeness (QED) is 0.657. The van der Waals surface area contributed by atoms with Gasteiger partial charge in [0.15, 0.2) is 9.84 Å². The van der Waals surface area contributed by atoms with Gasteiger partial charge >= 0.3 is 0 Å². The summed E-state index contributed by atoms with van der Waals surface area (Å²) in [5.41, 5.74) is 0.493. The van der Waals surface area contributed by atoms with E-state index >= 15 is 0 Å². The maximum Gasteiger partial charge on any atom is 0.243 e. The first kappa shape index (κ1) is 21.6. The van der Waals surface area contributed by atoms with Gasteiger partial charge in [0, 0.05) is 19.3 Å². The summed E-state index contributed by atoms with van der Waals surface area (Å²) >= 11 is 0. The molecule has 0 radical (unpaired) electrons. The Labute approximate surface area is 161 Å². The molecule has 0 bridgehead atoms. The normalized spacial score (nSPS) is 12.9. The van der Waals surface area contributed by atoms with Gasteiger partial charge in [0.1, 0.15) is 11.5 Å². The lowest BCUT2D eigenvalue weighted by molar-refractivity contribution is 0.310. The summed E-state index contributed by atoms with van der Waals surface area (Å²) < 4.78 is 57.3. The van der Waals surface area contributed by atoms with E-state index in [9.17, 15) is 16.8 Å². The first-order chi connectivity index (χ1) is 12.4. The van der Waals surface area contributed by atoms with Gasteiger partial charge in [0.2, 0.25) is 10.0 Å². The van der Waals surface area contributed by atoms with Crippen molar-refractivity contribution in [2.45, 2.75) is 30.2 Å². The van der Waals surface area contributed by atoms with Crippen LogP contribution in [0, 0.1) is 13.8 Å². The van der Waals surface area contributed by atoms with Crippen molar-refractivity contribution in [3.05, 3.63) is 47.4 Å². The van der Waals surface area contributed by atoms with Crippen LogP contribution in [0.1, 0.15) is 17.1 Å². The minimum Gasteiger partial charge on any atom is -0.465 e. The zero-order valence-corrected chi connectivity index (χ0v) is 17.9. The predicted octanol–water partition coefficient (Wildman–Crippen LogP) is 2.05.